The van der Waals surface area contributed by atoms with Gasteiger partial charge in [-0.25, -0.2) is 0 Å². The first-order valence-corrected chi connectivity index (χ1v) is 13.5. The number of aliphatic hydroxyl groups excluding tert-OH is 1. The maximum atomic E-state index is 12.6. The first-order chi connectivity index (χ1) is 17.9. The van der Waals surface area contributed by atoms with Crippen LogP contribution in [0, 0.1) is 28.2 Å². The van der Waals surface area contributed by atoms with Crippen LogP contribution in [0.1, 0.15) is 49.4 Å². The summed E-state index contributed by atoms with van der Waals surface area (Å²) < 4.78 is 7.54. The van der Waals surface area contributed by atoms with Crippen molar-refractivity contribution in [3.05, 3.63) is 65.4 Å². The van der Waals surface area contributed by atoms with Gasteiger partial charge in [0.25, 0.3) is 0 Å². The van der Waals surface area contributed by atoms with Crippen molar-refractivity contribution in [1.29, 1.82) is 5.26 Å². The lowest BCUT2D eigenvalue weighted by Crippen LogP contribution is -2.45. The van der Waals surface area contributed by atoms with Crippen LogP contribution in [0.5, 0.6) is 0 Å². The van der Waals surface area contributed by atoms with Crippen LogP contribution in [0.3, 0.4) is 0 Å². The zero-order chi connectivity index (χ0) is 25.8. The maximum absolute atomic E-state index is 12.6. The topological polar surface area (TPSA) is 78.5 Å². The van der Waals surface area contributed by atoms with E-state index in [0.29, 0.717) is 25.9 Å². The van der Waals surface area contributed by atoms with Crippen LogP contribution in [0.4, 0.5) is 0 Å². The molecular weight excluding hydrogens is 462 g/mol. The molecule has 2 heterocycles. The van der Waals surface area contributed by atoms with Gasteiger partial charge in [-0.2, -0.15) is 5.26 Å². The zero-order valence-corrected chi connectivity index (χ0v) is 21.7. The lowest BCUT2D eigenvalue weighted by Gasteiger charge is -2.38. The first-order valence-electron chi connectivity index (χ1n) is 13.5. The number of nitriles is 1. The van der Waals surface area contributed by atoms with E-state index in [4.69, 9.17) is 4.74 Å². The number of carbonyl (C=O) groups excluding carboxylic acids is 1. The van der Waals surface area contributed by atoms with Gasteiger partial charge in [0.1, 0.15) is 5.41 Å². The highest BCUT2D eigenvalue weighted by Gasteiger charge is 2.77. The van der Waals surface area contributed by atoms with Crippen molar-refractivity contribution in [1.82, 2.24) is 9.47 Å². The van der Waals surface area contributed by atoms with E-state index in [1.54, 1.807) is 0 Å². The van der Waals surface area contributed by atoms with Crippen molar-refractivity contribution in [2.75, 3.05) is 20.2 Å². The van der Waals surface area contributed by atoms with Gasteiger partial charge in [0.2, 0.25) is 0 Å². The van der Waals surface area contributed by atoms with Gasteiger partial charge in [-0.15, -0.1) is 0 Å². The largest absolute Gasteiger partial charge is 0.469 e. The predicted molar refractivity (Wildman–Crippen MR) is 142 cm³/mol. The number of nitrogens with zero attached hydrogens (tertiary/aromatic N) is 3. The molecule has 192 valence electrons. The van der Waals surface area contributed by atoms with Crippen molar-refractivity contribution in [2.24, 2.45) is 16.7 Å². The van der Waals surface area contributed by atoms with Crippen LogP contribution >= 0.6 is 0 Å². The number of aryl methyl sites for hydroxylation is 1. The molecule has 6 heteroatoms. The summed E-state index contributed by atoms with van der Waals surface area (Å²) in [5, 5.41) is 22.1. The fourth-order valence-corrected chi connectivity index (χ4v) is 7.64. The molecule has 0 spiro atoms. The lowest BCUT2D eigenvalue weighted by atomic mass is 9.71. The van der Waals surface area contributed by atoms with Crippen molar-refractivity contribution in [3.8, 4) is 11.9 Å². The molecule has 6 rings (SSSR count). The molecule has 2 aromatic carbocycles. The summed E-state index contributed by atoms with van der Waals surface area (Å²) in [5.41, 5.74) is 5.47. The zero-order valence-electron chi connectivity index (χ0n) is 21.7. The highest BCUT2D eigenvalue weighted by atomic mass is 16.5. The molecule has 37 heavy (non-hydrogen) atoms. The second kappa shape index (κ2) is 8.92. The molecule has 4 atom stereocenters. The fraction of sp³-hybridized carbons (Fsp3) is 0.484. The number of carbonyl (C=O) groups is 1. The number of benzene rings is 2. The van der Waals surface area contributed by atoms with E-state index in [9.17, 15) is 15.2 Å². The van der Waals surface area contributed by atoms with Crippen molar-refractivity contribution in [2.45, 2.75) is 58.0 Å². The number of rotatable bonds is 6. The normalized spacial score (nSPS) is 27.8. The maximum Gasteiger partial charge on any atom is 0.315 e. The summed E-state index contributed by atoms with van der Waals surface area (Å²) in [7, 11) is 1.40. The number of hydrogen-bond acceptors (Lipinski definition) is 5. The van der Waals surface area contributed by atoms with E-state index in [1.165, 1.54) is 40.5 Å². The molecule has 2 aliphatic carbocycles. The van der Waals surface area contributed by atoms with Crippen LogP contribution in [0.25, 0.3) is 16.6 Å². The van der Waals surface area contributed by atoms with Gasteiger partial charge in [0, 0.05) is 29.9 Å². The van der Waals surface area contributed by atoms with Gasteiger partial charge in [-0.05, 0) is 79.5 Å². The summed E-state index contributed by atoms with van der Waals surface area (Å²) in [6, 6.07) is 17.3. The third kappa shape index (κ3) is 3.51. The SMILES string of the molecule is COC(=O)[C@@]12C[C@]1(C)[C@H](CN(C#N)CCc1c3n(c4ccccc14)-c1ccccc1CCC3)CC[C@@H]2O. The number of ether oxygens (including phenoxy) is 1. The molecule has 3 aliphatic rings. The highest BCUT2D eigenvalue weighted by Crippen LogP contribution is 2.73. The van der Waals surface area contributed by atoms with Crippen LogP contribution in [0.2, 0.25) is 0 Å². The van der Waals surface area contributed by atoms with E-state index in [1.807, 2.05) is 4.90 Å². The molecule has 1 N–H and O–H groups in total. The van der Waals surface area contributed by atoms with Gasteiger partial charge in [-0.3, -0.25) is 4.79 Å². The van der Waals surface area contributed by atoms with Crippen molar-refractivity contribution < 1.29 is 14.6 Å². The molecular formula is C31H35N3O3. The van der Waals surface area contributed by atoms with E-state index < -0.39 is 11.5 Å². The van der Waals surface area contributed by atoms with Gasteiger partial charge >= 0.3 is 5.97 Å². The van der Waals surface area contributed by atoms with Gasteiger partial charge < -0.3 is 19.3 Å². The molecule has 3 aromatic rings. The van der Waals surface area contributed by atoms with Crippen molar-refractivity contribution in [3.63, 3.8) is 0 Å². The van der Waals surface area contributed by atoms with Crippen LogP contribution < -0.4 is 0 Å². The van der Waals surface area contributed by atoms with E-state index >= 15 is 0 Å². The Balaban J connectivity index is 1.27. The summed E-state index contributed by atoms with van der Waals surface area (Å²) >= 11 is 0. The van der Waals surface area contributed by atoms with Gasteiger partial charge in [0.05, 0.1) is 18.7 Å². The lowest BCUT2D eigenvalue weighted by molar-refractivity contribution is -0.157. The Kier molecular flexibility index (Phi) is 5.80. The number of aliphatic hydroxyl groups is 1. The third-order valence-electron chi connectivity index (χ3n) is 9.74. The predicted octanol–water partition coefficient (Wildman–Crippen LogP) is 4.79. The molecule has 0 unspecified atom stereocenters. The summed E-state index contributed by atoms with van der Waals surface area (Å²) in [5.74, 6) is -0.136. The minimum absolute atomic E-state index is 0.171. The van der Waals surface area contributed by atoms with Crippen LogP contribution in [-0.2, 0) is 28.8 Å². The third-order valence-corrected chi connectivity index (χ3v) is 9.74. The van der Waals surface area contributed by atoms with Gasteiger partial charge in [0.15, 0.2) is 6.19 Å². The Morgan fingerprint density at radius 2 is 1.97 bits per heavy atom. The van der Waals surface area contributed by atoms with E-state index in [0.717, 1.165) is 32.1 Å². The molecule has 6 nitrogen and oxygen atoms in total. The van der Waals surface area contributed by atoms with Gasteiger partial charge in [-0.1, -0.05) is 43.3 Å². The fourth-order valence-electron chi connectivity index (χ4n) is 7.64. The average molecular weight is 498 g/mol. The van der Waals surface area contributed by atoms with Crippen LogP contribution in [0.15, 0.2) is 48.5 Å². The Bertz CT molecular complexity index is 1400. The molecule has 0 saturated heterocycles. The number of esters is 1. The minimum atomic E-state index is -0.810. The Hall–Kier alpha value is -3.30. The van der Waals surface area contributed by atoms with Crippen molar-refractivity contribution >= 4 is 16.9 Å². The molecule has 1 aliphatic heterocycles. The summed E-state index contributed by atoms with van der Waals surface area (Å²) in [6.45, 7) is 3.33. The second-order valence-corrected chi connectivity index (χ2v) is 11.4. The van der Waals surface area contributed by atoms with E-state index in [-0.39, 0.29) is 17.3 Å². The molecule has 0 amide bonds. The summed E-state index contributed by atoms with van der Waals surface area (Å²) in [4.78, 5) is 14.5. The Morgan fingerprint density at radius 3 is 2.78 bits per heavy atom. The average Bonchev–Trinajstić information content (AvgIpc) is 3.54. The quantitative estimate of drug-likeness (QED) is 0.301. The Morgan fingerprint density at radius 1 is 1.19 bits per heavy atom. The minimum Gasteiger partial charge on any atom is -0.469 e. The number of para-hydroxylation sites is 2. The smallest absolute Gasteiger partial charge is 0.315 e. The van der Waals surface area contributed by atoms with Crippen LogP contribution in [-0.4, -0.2) is 46.8 Å². The molecule has 1 aromatic heterocycles. The molecule has 0 radical (unpaired) electrons. The number of hydrogen-bond donors (Lipinski definition) is 1. The first kappa shape index (κ1) is 24.1. The summed E-state index contributed by atoms with van der Waals surface area (Å²) in [6.07, 6.45) is 7.80. The number of aromatic nitrogens is 1. The molecule has 0 bridgehead atoms. The Labute approximate surface area is 218 Å². The molecule has 2 saturated carbocycles. The monoisotopic (exact) mass is 497 g/mol. The van der Waals surface area contributed by atoms with E-state index in [2.05, 4.69) is 66.2 Å². The standard InChI is InChI=1S/C31H35N3O3/c1-30-19-31(30,29(36)37-2)28(35)15-14-22(30)18-33(20-32)17-16-24-23-10-4-6-12-26(23)34-25-11-5-3-8-21(25)9-7-13-27(24)34/h3-6,8,10-12,22,28,35H,7,9,13-19H2,1-2H3/t22-,28-,30+,31-/m0/s1. The molecule has 2 fully saturated rings. The number of fused-ring (bicyclic) bond motifs is 6. The second-order valence-electron chi connectivity index (χ2n) is 11.4. The number of methoxy groups -OCH3 is 1. The highest BCUT2D eigenvalue weighted by molar-refractivity contribution is 5.88.